The van der Waals surface area contributed by atoms with Gasteiger partial charge in [0.1, 0.15) is 0 Å². The number of unbranched alkanes of at least 4 members (excludes halogenated alkanes) is 1. The molecule has 3 rings (SSSR count). The van der Waals surface area contributed by atoms with E-state index in [1.807, 2.05) is 60.7 Å². The van der Waals surface area contributed by atoms with E-state index in [4.69, 9.17) is 5.73 Å². The van der Waals surface area contributed by atoms with Crippen molar-refractivity contribution in [3.8, 4) is 0 Å². The molecule has 0 aliphatic heterocycles. The van der Waals surface area contributed by atoms with Gasteiger partial charge in [-0.05, 0) is 71.8 Å². The van der Waals surface area contributed by atoms with Crippen LogP contribution in [0.5, 0.6) is 0 Å². The predicted octanol–water partition coefficient (Wildman–Crippen LogP) is 7.46. The van der Waals surface area contributed by atoms with E-state index < -0.39 is 0 Å². The Morgan fingerprint density at radius 2 is 1.31 bits per heavy atom. The number of nitrogens with one attached hydrogen (secondary N) is 1. The number of hydrogen-bond donors (Lipinski definition) is 2. The first-order chi connectivity index (χ1) is 17.1. The Hall–Kier alpha value is -3.24. The average molecular weight is 485 g/mol. The fraction of sp³-hybridized carbons (Fsp3) is 0.375. The van der Waals surface area contributed by atoms with Crippen LogP contribution in [0.25, 0.3) is 0 Å². The number of benzene rings is 3. The Morgan fingerprint density at radius 1 is 0.778 bits per heavy atom. The molecule has 0 radical (unpaired) electrons. The molecule has 4 nitrogen and oxygen atoms in total. The van der Waals surface area contributed by atoms with E-state index in [-0.39, 0.29) is 23.0 Å². The molecule has 190 valence electrons. The van der Waals surface area contributed by atoms with Gasteiger partial charge in [0.25, 0.3) is 0 Å². The number of carbonyl (C=O) groups excluding carboxylic acids is 2. The molecular formula is C32H40N2O2. The minimum atomic E-state index is -0.213. The molecule has 36 heavy (non-hydrogen) atoms. The molecule has 1 atom stereocenters. The number of nitrogens with two attached hydrogens (primary N) is 1. The lowest BCUT2D eigenvalue weighted by Gasteiger charge is -2.21. The van der Waals surface area contributed by atoms with Crippen LogP contribution in [-0.2, 0) is 5.41 Å². The van der Waals surface area contributed by atoms with Gasteiger partial charge in [-0.15, -0.1) is 0 Å². The summed E-state index contributed by atoms with van der Waals surface area (Å²) in [5.41, 5.74) is 11.3. The molecule has 3 aromatic rings. The molecule has 0 aliphatic rings. The van der Waals surface area contributed by atoms with Crippen LogP contribution in [0.1, 0.15) is 109 Å². The molecule has 3 aromatic carbocycles. The molecule has 4 heteroatoms. The van der Waals surface area contributed by atoms with Crippen molar-refractivity contribution in [3.05, 3.63) is 100 Å². The van der Waals surface area contributed by atoms with Gasteiger partial charge in [-0.25, -0.2) is 0 Å². The fourth-order valence-electron chi connectivity index (χ4n) is 4.16. The van der Waals surface area contributed by atoms with Gasteiger partial charge in [-0.2, -0.15) is 0 Å². The van der Waals surface area contributed by atoms with Gasteiger partial charge >= 0.3 is 0 Å². The first-order valence-corrected chi connectivity index (χ1v) is 13.1. The Balaban J connectivity index is 1.91. The number of carbonyl (C=O) groups is 2. The molecule has 0 bridgehead atoms. The molecule has 3 N–H and O–H groups in total. The Morgan fingerprint density at radius 3 is 1.78 bits per heavy atom. The number of ketones is 2. The van der Waals surface area contributed by atoms with Crippen molar-refractivity contribution in [1.82, 2.24) is 0 Å². The zero-order valence-electron chi connectivity index (χ0n) is 22.4. The Kier molecular flexibility index (Phi) is 9.22. The van der Waals surface area contributed by atoms with E-state index in [0.717, 1.165) is 49.0 Å². The van der Waals surface area contributed by atoms with Gasteiger partial charge < -0.3 is 11.1 Å². The molecule has 0 spiro atoms. The van der Waals surface area contributed by atoms with Crippen molar-refractivity contribution in [2.75, 3.05) is 11.9 Å². The summed E-state index contributed by atoms with van der Waals surface area (Å²) in [6.45, 7) is 11.4. The molecule has 0 fully saturated rings. The van der Waals surface area contributed by atoms with Gasteiger partial charge in [-0.1, -0.05) is 71.7 Å². The maximum Gasteiger partial charge on any atom is 0.193 e. The van der Waals surface area contributed by atoms with Crippen LogP contribution in [-0.4, -0.2) is 18.1 Å². The van der Waals surface area contributed by atoms with E-state index in [2.05, 4.69) is 39.9 Å². The predicted molar refractivity (Wildman–Crippen MR) is 150 cm³/mol. The summed E-state index contributed by atoms with van der Waals surface area (Å²) in [5.74, 6) is -0.183. The quantitative estimate of drug-likeness (QED) is 0.219. The lowest BCUT2D eigenvalue weighted by atomic mass is 9.83. The van der Waals surface area contributed by atoms with Gasteiger partial charge in [0, 0.05) is 40.5 Å². The molecular weight excluding hydrogens is 444 g/mol. The van der Waals surface area contributed by atoms with Gasteiger partial charge in [0.15, 0.2) is 11.6 Å². The van der Waals surface area contributed by atoms with Crippen molar-refractivity contribution in [1.29, 1.82) is 0 Å². The van der Waals surface area contributed by atoms with Crippen LogP contribution in [0.3, 0.4) is 0 Å². The highest BCUT2D eigenvalue weighted by molar-refractivity contribution is 6.13. The lowest BCUT2D eigenvalue weighted by Crippen LogP contribution is -2.15. The van der Waals surface area contributed by atoms with Gasteiger partial charge in [0.2, 0.25) is 0 Å². The summed E-state index contributed by atoms with van der Waals surface area (Å²) < 4.78 is 0. The molecule has 0 aromatic heterocycles. The van der Waals surface area contributed by atoms with Crippen molar-refractivity contribution >= 4 is 17.3 Å². The van der Waals surface area contributed by atoms with E-state index >= 15 is 0 Å². The lowest BCUT2D eigenvalue weighted by molar-refractivity contribution is 0.103. The standard InChI is InChI=1S/C32H40N2O2/c1-6-8-18-34-28-16-14-24(15-17-28)31(36)26-19-25(20-27(21-26)32(3,4)5)30(35)23-12-10-22(11-13-23)29(33)9-7-2/h10-17,19-21,29,34H,6-9,18,33H2,1-5H3. The fourth-order valence-corrected chi connectivity index (χ4v) is 4.16. The van der Waals surface area contributed by atoms with Gasteiger partial charge in [0.05, 0.1) is 0 Å². The molecule has 0 aliphatic carbocycles. The second kappa shape index (κ2) is 12.1. The average Bonchev–Trinajstić information content (AvgIpc) is 2.88. The van der Waals surface area contributed by atoms with E-state index in [0.29, 0.717) is 22.3 Å². The number of hydrogen-bond acceptors (Lipinski definition) is 4. The first kappa shape index (κ1) is 27.3. The van der Waals surface area contributed by atoms with Gasteiger partial charge in [-0.3, -0.25) is 9.59 Å². The van der Waals surface area contributed by atoms with Crippen molar-refractivity contribution in [2.24, 2.45) is 5.73 Å². The minimum Gasteiger partial charge on any atom is -0.385 e. The second-order valence-corrected chi connectivity index (χ2v) is 10.6. The molecule has 0 saturated carbocycles. The highest BCUT2D eigenvalue weighted by Crippen LogP contribution is 2.27. The summed E-state index contributed by atoms with van der Waals surface area (Å²) in [7, 11) is 0. The molecule has 1 unspecified atom stereocenters. The number of rotatable bonds is 11. The summed E-state index contributed by atoms with van der Waals surface area (Å²) in [6, 6.07) is 20.6. The van der Waals surface area contributed by atoms with Crippen LogP contribution >= 0.6 is 0 Å². The Bertz CT molecular complexity index is 1170. The van der Waals surface area contributed by atoms with Crippen LogP contribution in [0, 0.1) is 0 Å². The minimum absolute atomic E-state index is 0.0270. The molecule has 0 heterocycles. The summed E-state index contributed by atoms with van der Waals surface area (Å²) in [4.78, 5) is 26.9. The normalized spacial score (nSPS) is 12.3. The van der Waals surface area contributed by atoms with Crippen LogP contribution < -0.4 is 11.1 Å². The van der Waals surface area contributed by atoms with E-state index in [1.165, 1.54) is 0 Å². The van der Waals surface area contributed by atoms with Crippen LogP contribution in [0.15, 0.2) is 66.7 Å². The summed E-state index contributed by atoms with van der Waals surface area (Å²) >= 11 is 0. The highest BCUT2D eigenvalue weighted by Gasteiger charge is 2.21. The summed E-state index contributed by atoms with van der Waals surface area (Å²) in [5, 5.41) is 3.38. The van der Waals surface area contributed by atoms with Crippen LogP contribution in [0.2, 0.25) is 0 Å². The third kappa shape index (κ3) is 6.92. The molecule has 0 saturated heterocycles. The largest absolute Gasteiger partial charge is 0.385 e. The van der Waals surface area contributed by atoms with E-state index in [9.17, 15) is 9.59 Å². The monoisotopic (exact) mass is 484 g/mol. The maximum absolute atomic E-state index is 13.5. The van der Waals surface area contributed by atoms with Crippen molar-refractivity contribution < 1.29 is 9.59 Å². The zero-order valence-corrected chi connectivity index (χ0v) is 22.4. The summed E-state index contributed by atoms with van der Waals surface area (Å²) in [6.07, 6.45) is 4.15. The number of anilines is 1. The van der Waals surface area contributed by atoms with Crippen molar-refractivity contribution in [3.63, 3.8) is 0 Å². The van der Waals surface area contributed by atoms with Crippen LogP contribution in [0.4, 0.5) is 5.69 Å². The second-order valence-electron chi connectivity index (χ2n) is 10.6. The smallest absolute Gasteiger partial charge is 0.193 e. The third-order valence-electron chi connectivity index (χ3n) is 6.53. The topological polar surface area (TPSA) is 72.2 Å². The zero-order chi connectivity index (χ0) is 26.3. The van der Waals surface area contributed by atoms with Crippen molar-refractivity contribution in [2.45, 2.75) is 71.8 Å². The Labute approximate surface area is 216 Å². The van der Waals surface area contributed by atoms with E-state index in [1.54, 1.807) is 6.07 Å². The first-order valence-electron chi connectivity index (χ1n) is 13.1. The highest BCUT2D eigenvalue weighted by atomic mass is 16.1. The maximum atomic E-state index is 13.5. The molecule has 0 amide bonds. The SMILES string of the molecule is CCCCNc1ccc(C(=O)c2cc(C(=O)c3ccc(C(N)CCC)cc3)cc(C(C)(C)C)c2)cc1. The third-order valence-corrected chi connectivity index (χ3v) is 6.53.